The highest BCUT2D eigenvalue weighted by atomic mass is 35.5. The molecule has 2 aromatic rings. The summed E-state index contributed by atoms with van der Waals surface area (Å²) < 4.78 is 15.7. The fourth-order valence-electron chi connectivity index (χ4n) is 1.79. The highest BCUT2D eigenvalue weighted by Gasteiger charge is 2.19. The molecule has 1 atom stereocenters. The molecule has 1 unspecified atom stereocenters. The first kappa shape index (κ1) is 15.3. The largest absolute Gasteiger partial charge is 0.496 e. The summed E-state index contributed by atoms with van der Waals surface area (Å²) in [5, 5.41) is 2.07. The smallest absolute Gasteiger partial charge is 0.162 e. The third-order valence-electron chi connectivity index (χ3n) is 2.86. The van der Waals surface area contributed by atoms with Crippen LogP contribution in [0.2, 0.25) is 5.02 Å². The second-order valence-corrected chi connectivity index (χ2v) is 5.77. The standard InChI is InChI=1S/C14H14Cl2O3S/c1-17-8-4-13(20-7-8)14(16)9-5-11(18-2)12(19-3)6-10(9)15/h4-7,14H,1-3H3. The summed E-state index contributed by atoms with van der Waals surface area (Å²) in [6, 6.07) is 5.40. The average molecular weight is 333 g/mol. The summed E-state index contributed by atoms with van der Waals surface area (Å²) in [4.78, 5) is 0.956. The molecular formula is C14H14Cl2O3S. The van der Waals surface area contributed by atoms with E-state index in [0.717, 1.165) is 16.2 Å². The molecule has 0 spiro atoms. The fourth-order valence-corrected chi connectivity index (χ4v) is 3.36. The van der Waals surface area contributed by atoms with Gasteiger partial charge in [-0.15, -0.1) is 22.9 Å². The van der Waals surface area contributed by atoms with Crippen LogP contribution in [0.1, 0.15) is 15.8 Å². The molecule has 3 nitrogen and oxygen atoms in total. The van der Waals surface area contributed by atoms with Gasteiger partial charge in [0.25, 0.3) is 0 Å². The van der Waals surface area contributed by atoms with Crippen LogP contribution in [0.5, 0.6) is 17.2 Å². The van der Waals surface area contributed by atoms with Crippen molar-refractivity contribution >= 4 is 34.5 Å². The third kappa shape index (κ3) is 2.97. The number of rotatable bonds is 5. The first-order valence-corrected chi connectivity index (χ1v) is 7.48. The van der Waals surface area contributed by atoms with Gasteiger partial charge in [-0.05, 0) is 17.7 Å². The van der Waals surface area contributed by atoms with E-state index in [2.05, 4.69) is 0 Å². The predicted octanol–water partition coefficient (Wildman–Crippen LogP) is 4.76. The van der Waals surface area contributed by atoms with Crippen LogP contribution in [-0.4, -0.2) is 21.3 Å². The normalized spacial score (nSPS) is 12.1. The van der Waals surface area contributed by atoms with Gasteiger partial charge in [0.2, 0.25) is 0 Å². The molecule has 0 fully saturated rings. The Morgan fingerprint density at radius 2 is 1.65 bits per heavy atom. The van der Waals surface area contributed by atoms with Crippen LogP contribution in [0.3, 0.4) is 0 Å². The summed E-state index contributed by atoms with van der Waals surface area (Å²) >= 11 is 14.3. The summed E-state index contributed by atoms with van der Waals surface area (Å²) in [5.41, 5.74) is 0.774. The van der Waals surface area contributed by atoms with Crippen molar-refractivity contribution in [3.8, 4) is 17.2 Å². The van der Waals surface area contributed by atoms with Crippen LogP contribution < -0.4 is 14.2 Å². The van der Waals surface area contributed by atoms with Gasteiger partial charge >= 0.3 is 0 Å². The number of thiophene rings is 1. The van der Waals surface area contributed by atoms with E-state index in [-0.39, 0.29) is 5.38 Å². The molecule has 0 aliphatic rings. The average Bonchev–Trinajstić information content (AvgIpc) is 2.95. The van der Waals surface area contributed by atoms with Crippen LogP contribution in [-0.2, 0) is 0 Å². The van der Waals surface area contributed by atoms with E-state index in [0.29, 0.717) is 16.5 Å². The topological polar surface area (TPSA) is 27.7 Å². The van der Waals surface area contributed by atoms with Gasteiger partial charge in [0.05, 0.1) is 26.7 Å². The van der Waals surface area contributed by atoms with Crippen LogP contribution in [0.15, 0.2) is 23.6 Å². The van der Waals surface area contributed by atoms with Gasteiger partial charge in [-0.2, -0.15) is 0 Å². The minimum Gasteiger partial charge on any atom is -0.496 e. The minimum absolute atomic E-state index is 0.365. The lowest BCUT2D eigenvalue weighted by Crippen LogP contribution is -1.96. The van der Waals surface area contributed by atoms with Gasteiger partial charge in [-0.1, -0.05) is 11.6 Å². The molecular weight excluding hydrogens is 319 g/mol. The molecule has 0 N–H and O–H groups in total. The zero-order chi connectivity index (χ0) is 14.7. The number of alkyl halides is 1. The number of hydrogen-bond acceptors (Lipinski definition) is 4. The number of halogens is 2. The summed E-state index contributed by atoms with van der Waals surface area (Å²) in [5.74, 6) is 1.96. The lowest BCUT2D eigenvalue weighted by Gasteiger charge is -2.14. The molecule has 1 aromatic heterocycles. The molecule has 0 saturated carbocycles. The first-order valence-electron chi connectivity index (χ1n) is 5.78. The number of hydrogen-bond donors (Lipinski definition) is 0. The summed E-state index contributed by atoms with van der Waals surface area (Å²) in [6.45, 7) is 0. The van der Waals surface area contributed by atoms with Gasteiger partial charge in [0.1, 0.15) is 5.75 Å². The minimum atomic E-state index is -0.365. The number of benzene rings is 1. The second-order valence-electron chi connectivity index (χ2n) is 3.98. The molecule has 6 heteroatoms. The Kier molecular flexibility index (Phi) is 5.02. The molecule has 0 bridgehead atoms. The Bertz CT molecular complexity index is 598. The maximum atomic E-state index is 6.51. The molecule has 0 aliphatic heterocycles. The molecule has 20 heavy (non-hydrogen) atoms. The van der Waals surface area contributed by atoms with Gasteiger partial charge in [0, 0.05) is 21.3 Å². The number of methoxy groups -OCH3 is 3. The molecule has 0 radical (unpaired) electrons. The Hall–Kier alpha value is -1.10. The fraction of sp³-hybridized carbons (Fsp3) is 0.286. The van der Waals surface area contributed by atoms with E-state index >= 15 is 0 Å². The summed E-state index contributed by atoms with van der Waals surface area (Å²) in [7, 11) is 4.77. The molecule has 0 aliphatic carbocycles. The molecule has 1 heterocycles. The number of ether oxygens (including phenoxy) is 3. The van der Waals surface area contributed by atoms with Gasteiger partial charge in [0.15, 0.2) is 11.5 Å². The van der Waals surface area contributed by atoms with Crippen molar-refractivity contribution in [2.24, 2.45) is 0 Å². The van der Waals surface area contributed by atoms with Gasteiger partial charge < -0.3 is 14.2 Å². The Labute approximate surface area is 132 Å². The van der Waals surface area contributed by atoms with Crippen LogP contribution in [0.4, 0.5) is 0 Å². The molecule has 108 valence electrons. The summed E-state index contributed by atoms with van der Waals surface area (Å²) in [6.07, 6.45) is 0. The Balaban J connectivity index is 2.40. The van der Waals surface area contributed by atoms with Crippen molar-refractivity contribution in [2.75, 3.05) is 21.3 Å². The van der Waals surface area contributed by atoms with Crippen molar-refractivity contribution in [3.63, 3.8) is 0 Å². The maximum absolute atomic E-state index is 6.51. The lowest BCUT2D eigenvalue weighted by molar-refractivity contribution is 0.354. The van der Waals surface area contributed by atoms with E-state index in [9.17, 15) is 0 Å². The van der Waals surface area contributed by atoms with Crippen LogP contribution in [0, 0.1) is 0 Å². The quantitative estimate of drug-likeness (QED) is 0.739. The highest BCUT2D eigenvalue weighted by Crippen LogP contribution is 2.42. The van der Waals surface area contributed by atoms with Crippen molar-refractivity contribution in [2.45, 2.75) is 5.38 Å². The van der Waals surface area contributed by atoms with Gasteiger partial charge in [-0.3, -0.25) is 0 Å². The molecule has 1 aromatic carbocycles. The Morgan fingerprint density at radius 1 is 1.00 bits per heavy atom. The Morgan fingerprint density at radius 3 is 2.20 bits per heavy atom. The zero-order valence-electron chi connectivity index (χ0n) is 11.3. The predicted molar refractivity (Wildman–Crippen MR) is 83.1 cm³/mol. The van der Waals surface area contributed by atoms with E-state index in [1.165, 1.54) is 11.3 Å². The van der Waals surface area contributed by atoms with E-state index < -0.39 is 0 Å². The van der Waals surface area contributed by atoms with Gasteiger partial charge in [-0.25, -0.2) is 0 Å². The molecule has 0 amide bonds. The van der Waals surface area contributed by atoms with Crippen molar-refractivity contribution in [3.05, 3.63) is 39.0 Å². The molecule has 0 saturated heterocycles. The monoisotopic (exact) mass is 332 g/mol. The zero-order valence-corrected chi connectivity index (χ0v) is 13.6. The third-order valence-corrected chi connectivity index (χ3v) is 4.76. The maximum Gasteiger partial charge on any atom is 0.162 e. The lowest BCUT2D eigenvalue weighted by atomic mass is 10.1. The van der Waals surface area contributed by atoms with Crippen LogP contribution >= 0.6 is 34.5 Å². The van der Waals surface area contributed by atoms with Crippen molar-refractivity contribution in [1.29, 1.82) is 0 Å². The van der Waals surface area contributed by atoms with Crippen molar-refractivity contribution < 1.29 is 14.2 Å². The van der Waals surface area contributed by atoms with E-state index in [1.54, 1.807) is 33.5 Å². The highest BCUT2D eigenvalue weighted by molar-refractivity contribution is 7.10. The van der Waals surface area contributed by atoms with Crippen LogP contribution in [0.25, 0.3) is 0 Å². The van der Waals surface area contributed by atoms with E-state index in [4.69, 9.17) is 37.4 Å². The SMILES string of the molecule is COc1csc(C(Cl)c2cc(OC)c(OC)cc2Cl)c1. The van der Waals surface area contributed by atoms with Crippen molar-refractivity contribution in [1.82, 2.24) is 0 Å². The molecule has 2 rings (SSSR count). The van der Waals surface area contributed by atoms with E-state index in [1.807, 2.05) is 11.4 Å². The first-order chi connectivity index (χ1) is 9.60. The second kappa shape index (κ2) is 6.57.